The lowest BCUT2D eigenvalue weighted by molar-refractivity contribution is 0.262. The fourth-order valence-electron chi connectivity index (χ4n) is 8.75. The first-order chi connectivity index (χ1) is 56.3. The van der Waals surface area contributed by atoms with Gasteiger partial charge >= 0.3 is 0 Å². The van der Waals surface area contributed by atoms with Crippen molar-refractivity contribution in [3.63, 3.8) is 0 Å². The van der Waals surface area contributed by atoms with Crippen LogP contribution in [0.25, 0.3) is 10.8 Å². The fraction of sp³-hybridized carbons (Fsp3) is 0.509. The molecule has 0 amide bonds. The van der Waals surface area contributed by atoms with Gasteiger partial charge in [-0.15, -0.1) is 0 Å². The molecule has 0 radical (unpaired) electrons. The van der Waals surface area contributed by atoms with Gasteiger partial charge in [0.25, 0.3) is 0 Å². The Hall–Kier alpha value is -8.40. The Balaban J connectivity index is -0.000000295. The van der Waals surface area contributed by atoms with E-state index < -0.39 is 0 Å². The minimum absolute atomic E-state index is 0. The average Bonchev–Trinajstić information content (AvgIpc) is 1.78. The third kappa shape index (κ3) is 67.0. The number of fused-ring (bicyclic) bond motifs is 1. The van der Waals surface area contributed by atoms with Crippen molar-refractivity contribution in [3.05, 3.63) is 258 Å². The van der Waals surface area contributed by atoms with E-state index in [1.807, 2.05) is 266 Å². The minimum atomic E-state index is 0. The first-order valence-electron chi connectivity index (χ1n) is 43.3. The van der Waals surface area contributed by atoms with Crippen LogP contribution in [0.3, 0.4) is 0 Å². The van der Waals surface area contributed by atoms with Crippen LogP contribution in [-0.2, 0) is 54.1 Å². The van der Waals surface area contributed by atoms with Crippen LogP contribution in [0.1, 0.15) is 230 Å². The van der Waals surface area contributed by atoms with Crippen LogP contribution in [-0.4, -0.2) is 123 Å². The minimum Gasteiger partial charge on any atom is -0.496 e. The number of aryl methyl sites for hydroxylation is 5. The first-order valence-corrected chi connectivity index (χ1v) is 43.3. The molecule has 13 nitrogen and oxygen atoms in total. The Morgan fingerprint density at radius 2 is 0.504 bits per heavy atom. The zero-order chi connectivity index (χ0) is 85.9. The van der Waals surface area contributed by atoms with E-state index in [9.17, 15) is 0 Å². The predicted octanol–water partition coefficient (Wildman–Crippen LogP) is 29.1. The molecule has 0 aromatic heterocycles. The van der Waals surface area contributed by atoms with Crippen molar-refractivity contribution in [3.8, 4) is 40.2 Å². The SMILES string of the molecule is C.C.C.C.CC.CC.CC.CC.CC.CC.CC(C)C.CCC.CCC.CCc1cc(OC)c(CC)c2ccccc12.CCc1ccc(CC)cc1.Cc1ccccc1OCC1CO1.c1ccc(OCC2CO2)cc1.c1ccc(OCC2CO2)cc1.c1ccc(OCC2CO2)cc1.c1ccc(OCC2CO2)cc1.c1ccc(OCC2CO2)cc1. The van der Waals surface area contributed by atoms with E-state index in [0.717, 1.165) is 111 Å². The molecular weight excluding hydrogens is 1480 g/mol. The van der Waals surface area contributed by atoms with Crippen molar-refractivity contribution in [2.24, 2.45) is 5.92 Å². The molecule has 0 bridgehead atoms. The van der Waals surface area contributed by atoms with E-state index in [2.05, 4.69) is 131 Å². The number of rotatable bonds is 23. The number of hydrogen-bond donors (Lipinski definition) is 0. The molecule has 9 aromatic rings. The average molecular weight is 1650 g/mol. The maximum absolute atomic E-state index is 5.54. The van der Waals surface area contributed by atoms with Gasteiger partial charge in [-0.1, -0.05) is 360 Å². The van der Waals surface area contributed by atoms with Gasteiger partial charge in [0.1, 0.15) is 117 Å². The molecule has 0 N–H and O–H groups in total. The summed E-state index contributed by atoms with van der Waals surface area (Å²) in [5.74, 6) is 7.42. The molecule has 6 fully saturated rings. The van der Waals surface area contributed by atoms with E-state index in [1.54, 1.807) is 7.11 Å². The van der Waals surface area contributed by atoms with Crippen molar-refractivity contribution in [1.29, 1.82) is 0 Å². The number of para-hydroxylation sites is 6. The van der Waals surface area contributed by atoms with Gasteiger partial charge < -0.3 is 61.6 Å². The summed E-state index contributed by atoms with van der Waals surface area (Å²) in [7, 11) is 1.75. The highest BCUT2D eigenvalue weighted by molar-refractivity contribution is 5.90. The number of epoxide rings is 6. The highest BCUT2D eigenvalue weighted by Crippen LogP contribution is 2.32. The first kappa shape index (κ1) is 121. The van der Waals surface area contributed by atoms with Crippen molar-refractivity contribution in [2.75, 3.05) is 86.4 Å². The Morgan fingerprint density at radius 1 is 0.286 bits per heavy atom. The Labute approximate surface area is 730 Å². The Morgan fingerprint density at radius 3 is 0.714 bits per heavy atom. The Kier molecular flexibility index (Phi) is 86.3. The van der Waals surface area contributed by atoms with Gasteiger partial charge in [0.15, 0.2) is 0 Å². The summed E-state index contributed by atoms with van der Waals surface area (Å²) in [5, 5.41) is 2.70. The molecule has 0 saturated carbocycles. The van der Waals surface area contributed by atoms with Crippen molar-refractivity contribution in [2.45, 2.75) is 271 Å². The monoisotopic (exact) mass is 1650 g/mol. The van der Waals surface area contributed by atoms with Crippen LogP contribution in [0, 0.1) is 12.8 Å². The van der Waals surface area contributed by atoms with Gasteiger partial charge in [-0.25, -0.2) is 0 Å². The van der Waals surface area contributed by atoms with Gasteiger partial charge in [0.2, 0.25) is 0 Å². The second kappa shape index (κ2) is 84.6. The number of methoxy groups -OCH3 is 1. The molecule has 674 valence electrons. The smallest absolute Gasteiger partial charge is 0.122 e. The van der Waals surface area contributed by atoms with Crippen LogP contribution in [0.4, 0.5) is 0 Å². The second-order valence-electron chi connectivity index (χ2n) is 25.6. The lowest BCUT2D eigenvalue weighted by atomic mass is 9.96. The maximum atomic E-state index is 5.54. The highest BCUT2D eigenvalue weighted by Gasteiger charge is 2.26. The van der Waals surface area contributed by atoms with E-state index in [-0.39, 0.29) is 29.7 Å². The number of ether oxygens (including phenoxy) is 13. The zero-order valence-corrected chi connectivity index (χ0v) is 76.0. The molecular formula is C106H172O13. The molecule has 6 heterocycles. The number of benzene rings is 9. The van der Waals surface area contributed by atoms with Crippen LogP contribution in [0.15, 0.2) is 231 Å². The summed E-state index contributed by atoms with van der Waals surface area (Å²) in [5.41, 5.74) is 6.72. The lowest BCUT2D eigenvalue weighted by Gasteiger charge is -2.13. The number of hydrogen-bond acceptors (Lipinski definition) is 13. The summed E-state index contributed by atoms with van der Waals surface area (Å²) in [6.45, 7) is 59.0. The van der Waals surface area contributed by atoms with Crippen LogP contribution in [0.5, 0.6) is 40.2 Å². The molecule has 6 saturated heterocycles. The third-order valence-corrected chi connectivity index (χ3v) is 14.8. The molecule has 9 aromatic carbocycles. The summed E-state index contributed by atoms with van der Waals surface area (Å²) in [4.78, 5) is 0. The molecule has 0 spiro atoms. The molecule has 119 heavy (non-hydrogen) atoms. The van der Waals surface area contributed by atoms with Crippen molar-refractivity contribution in [1.82, 2.24) is 0 Å². The molecule has 15 rings (SSSR count). The molecule has 6 atom stereocenters. The summed E-state index contributed by atoms with van der Waals surface area (Å²) < 4.78 is 68.1. The van der Waals surface area contributed by atoms with Gasteiger partial charge in [-0.2, -0.15) is 0 Å². The molecule has 6 aliphatic heterocycles. The van der Waals surface area contributed by atoms with Crippen LogP contribution < -0.4 is 33.2 Å². The lowest BCUT2D eigenvalue weighted by Crippen LogP contribution is -2.04. The van der Waals surface area contributed by atoms with E-state index in [0.29, 0.717) is 76.3 Å². The van der Waals surface area contributed by atoms with E-state index >= 15 is 0 Å². The van der Waals surface area contributed by atoms with Crippen molar-refractivity contribution < 1.29 is 61.6 Å². The quantitative estimate of drug-likeness (QED) is 0.0562. The fourth-order valence-corrected chi connectivity index (χ4v) is 8.75. The third-order valence-electron chi connectivity index (χ3n) is 14.8. The molecule has 13 heteroatoms. The van der Waals surface area contributed by atoms with E-state index in [1.165, 1.54) is 51.4 Å². The van der Waals surface area contributed by atoms with Crippen LogP contribution >= 0.6 is 0 Å². The van der Waals surface area contributed by atoms with Gasteiger partial charge in [-0.05, 0) is 144 Å². The molecule has 6 unspecified atom stereocenters. The topological polar surface area (TPSA) is 140 Å². The maximum Gasteiger partial charge on any atom is 0.122 e. The van der Waals surface area contributed by atoms with Gasteiger partial charge in [-0.3, -0.25) is 0 Å². The molecule has 6 aliphatic rings. The largest absolute Gasteiger partial charge is 0.496 e. The summed E-state index contributed by atoms with van der Waals surface area (Å²) in [6.07, 6.45) is 8.89. The van der Waals surface area contributed by atoms with Crippen molar-refractivity contribution >= 4 is 10.8 Å². The predicted molar refractivity (Wildman–Crippen MR) is 517 cm³/mol. The van der Waals surface area contributed by atoms with Gasteiger partial charge in [0.05, 0.1) is 46.8 Å². The summed E-state index contributed by atoms with van der Waals surface area (Å²) >= 11 is 0. The van der Waals surface area contributed by atoms with Crippen LogP contribution in [0.2, 0.25) is 0 Å². The normalized spacial score (nSPS) is 15.1. The Bertz CT molecular complexity index is 3160. The van der Waals surface area contributed by atoms with Gasteiger partial charge in [0, 0.05) is 5.56 Å². The second-order valence-corrected chi connectivity index (χ2v) is 25.6. The highest BCUT2D eigenvalue weighted by atomic mass is 16.6. The molecule has 0 aliphatic carbocycles. The zero-order valence-electron chi connectivity index (χ0n) is 76.0. The summed E-state index contributed by atoms with van der Waals surface area (Å²) in [6, 6.07) is 76.6. The van der Waals surface area contributed by atoms with E-state index in [4.69, 9.17) is 61.6 Å². The standard InChI is InChI=1S/C15H18O.C10H12O2.C10H14.5C9H10O2.C4H10.2C3H8.6C2H6.4CH4/c1-4-11-10-15(16-3)12(5-2)14-9-7-6-8-13(11)14;1-8-4-2-3-5-10(8)12-7-9-6-11-9;1-3-9-5-7-10(4-2)8-6-9;5*1-2-4-8(5-3-1)10-6-9-7-11-9;1-4(2)3;2*1-3-2;6*1-2;;;;/h6-10H,4-5H2,1-3H3;2-5,9H,6-7H2,1H3;5-8H,3-4H2,1-2H3;5*1-5,9H,6-7H2;4H,1-3H3;2*3H2,1-2H3;6*1-2H3;4*1H4.